The standard InChI is InChI=1S/C15H12ClFN2O/c16-13-4-1-9(5-14(13)17)7-19-8-10-2-3-11(18)6-12(10)15(19)20/h1-6H,7-8,18H2. The van der Waals surface area contributed by atoms with Crippen molar-refractivity contribution in [3.63, 3.8) is 0 Å². The van der Waals surface area contributed by atoms with Gasteiger partial charge in [-0.2, -0.15) is 0 Å². The predicted octanol–water partition coefficient (Wildman–Crippen LogP) is 3.22. The summed E-state index contributed by atoms with van der Waals surface area (Å²) in [4.78, 5) is 13.9. The third-order valence-electron chi connectivity index (χ3n) is 3.37. The molecule has 1 aliphatic heterocycles. The Kier molecular flexibility index (Phi) is 3.10. The van der Waals surface area contributed by atoms with Crippen molar-refractivity contribution in [3.05, 3.63) is 63.9 Å². The van der Waals surface area contributed by atoms with Crippen LogP contribution in [-0.2, 0) is 13.1 Å². The van der Waals surface area contributed by atoms with Crippen LogP contribution in [0, 0.1) is 5.82 Å². The lowest BCUT2D eigenvalue weighted by atomic mass is 10.1. The molecule has 5 heteroatoms. The Hall–Kier alpha value is -2.07. The summed E-state index contributed by atoms with van der Waals surface area (Å²) in [5.41, 5.74) is 8.54. The first-order chi connectivity index (χ1) is 9.54. The molecule has 0 atom stereocenters. The lowest BCUT2D eigenvalue weighted by Gasteiger charge is -2.15. The second-order valence-electron chi connectivity index (χ2n) is 4.83. The number of nitrogens with two attached hydrogens (primary N) is 1. The highest BCUT2D eigenvalue weighted by Gasteiger charge is 2.27. The molecule has 2 aromatic rings. The molecule has 2 N–H and O–H groups in total. The van der Waals surface area contributed by atoms with E-state index >= 15 is 0 Å². The lowest BCUT2D eigenvalue weighted by molar-refractivity contribution is 0.0766. The Bertz CT molecular complexity index is 702. The van der Waals surface area contributed by atoms with Crippen molar-refractivity contribution in [2.45, 2.75) is 13.1 Å². The monoisotopic (exact) mass is 290 g/mol. The fourth-order valence-electron chi connectivity index (χ4n) is 2.36. The molecular formula is C15H12ClFN2O. The van der Waals surface area contributed by atoms with E-state index in [1.54, 1.807) is 23.1 Å². The average molecular weight is 291 g/mol. The van der Waals surface area contributed by atoms with Gasteiger partial charge >= 0.3 is 0 Å². The molecule has 0 bridgehead atoms. The van der Waals surface area contributed by atoms with E-state index in [0.717, 1.165) is 5.56 Å². The first-order valence-electron chi connectivity index (χ1n) is 6.16. The Morgan fingerprint density at radius 3 is 2.80 bits per heavy atom. The number of anilines is 1. The van der Waals surface area contributed by atoms with Crippen LogP contribution in [0.4, 0.5) is 10.1 Å². The van der Waals surface area contributed by atoms with Crippen molar-refractivity contribution in [1.82, 2.24) is 4.90 Å². The van der Waals surface area contributed by atoms with Gasteiger partial charge in [0.2, 0.25) is 0 Å². The summed E-state index contributed by atoms with van der Waals surface area (Å²) >= 11 is 5.65. The molecule has 0 aliphatic carbocycles. The van der Waals surface area contributed by atoms with Gasteiger partial charge in [-0.25, -0.2) is 4.39 Å². The highest BCUT2D eigenvalue weighted by atomic mass is 35.5. The van der Waals surface area contributed by atoms with Crippen molar-refractivity contribution in [2.24, 2.45) is 0 Å². The molecule has 3 rings (SSSR count). The van der Waals surface area contributed by atoms with Gasteiger partial charge in [0.05, 0.1) is 5.02 Å². The summed E-state index contributed by atoms with van der Waals surface area (Å²) in [6.45, 7) is 0.861. The number of amides is 1. The van der Waals surface area contributed by atoms with Crippen LogP contribution in [0.1, 0.15) is 21.5 Å². The molecule has 102 valence electrons. The van der Waals surface area contributed by atoms with E-state index in [1.165, 1.54) is 12.1 Å². The number of hydrogen-bond acceptors (Lipinski definition) is 2. The van der Waals surface area contributed by atoms with Crippen molar-refractivity contribution < 1.29 is 9.18 Å². The molecular weight excluding hydrogens is 279 g/mol. The van der Waals surface area contributed by atoms with Gasteiger partial charge in [-0.15, -0.1) is 0 Å². The molecule has 20 heavy (non-hydrogen) atoms. The van der Waals surface area contributed by atoms with Crippen molar-refractivity contribution in [2.75, 3.05) is 5.73 Å². The molecule has 1 aliphatic rings. The van der Waals surface area contributed by atoms with Crippen LogP contribution in [0.25, 0.3) is 0 Å². The molecule has 0 saturated carbocycles. The number of rotatable bonds is 2. The molecule has 0 unspecified atom stereocenters. The Labute approximate surface area is 120 Å². The zero-order valence-electron chi connectivity index (χ0n) is 10.6. The Balaban J connectivity index is 1.84. The largest absolute Gasteiger partial charge is 0.399 e. The van der Waals surface area contributed by atoms with Crippen molar-refractivity contribution in [3.8, 4) is 0 Å². The third kappa shape index (κ3) is 2.23. The van der Waals surface area contributed by atoms with Crippen LogP contribution >= 0.6 is 11.6 Å². The van der Waals surface area contributed by atoms with E-state index in [-0.39, 0.29) is 10.9 Å². The SMILES string of the molecule is Nc1ccc2c(c1)C(=O)N(Cc1ccc(Cl)c(F)c1)C2. The maximum absolute atomic E-state index is 13.4. The maximum atomic E-state index is 13.4. The molecule has 0 fully saturated rings. The minimum atomic E-state index is -0.474. The first kappa shape index (κ1) is 12.9. The number of nitrogen functional groups attached to an aromatic ring is 1. The summed E-state index contributed by atoms with van der Waals surface area (Å²) in [5.74, 6) is -0.555. The van der Waals surface area contributed by atoms with Gasteiger partial charge in [0, 0.05) is 24.3 Å². The second kappa shape index (κ2) is 4.80. The van der Waals surface area contributed by atoms with Crippen LogP contribution < -0.4 is 5.73 Å². The fraction of sp³-hybridized carbons (Fsp3) is 0.133. The summed E-state index contributed by atoms with van der Waals surface area (Å²) in [6, 6.07) is 9.88. The van der Waals surface area contributed by atoms with E-state index in [2.05, 4.69) is 0 Å². The third-order valence-corrected chi connectivity index (χ3v) is 3.68. The average Bonchev–Trinajstić information content (AvgIpc) is 2.71. The number of fused-ring (bicyclic) bond motifs is 1. The molecule has 1 amide bonds. The number of hydrogen-bond donors (Lipinski definition) is 1. The number of nitrogens with zero attached hydrogens (tertiary/aromatic N) is 1. The van der Waals surface area contributed by atoms with Crippen LogP contribution in [0.15, 0.2) is 36.4 Å². The van der Waals surface area contributed by atoms with Crippen molar-refractivity contribution >= 4 is 23.2 Å². The zero-order valence-corrected chi connectivity index (χ0v) is 11.3. The Morgan fingerprint density at radius 2 is 2.05 bits per heavy atom. The normalized spacial score (nSPS) is 13.7. The molecule has 0 radical (unpaired) electrons. The number of halogens is 2. The summed E-state index contributed by atoms with van der Waals surface area (Å²) in [6.07, 6.45) is 0. The number of carbonyl (C=O) groups excluding carboxylic acids is 1. The lowest BCUT2D eigenvalue weighted by Crippen LogP contribution is -2.23. The molecule has 3 nitrogen and oxygen atoms in total. The van der Waals surface area contributed by atoms with Gasteiger partial charge in [0.25, 0.3) is 5.91 Å². The number of carbonyl (C=O) groups is 1. The smallest absolute Gasteiger partial charge is 0.254 e. The van der Waals surface area contributed by atoms with Gasteiger partial charge in [-0.1, -0.05) is 23.7 Å². The maximum Gasteiger partial charge on any atom is 0.254 e. The van der Waals surface area contributed by atoms with Gasteiger partial charge in [0.1, 0.15) is 5.82 Å². The van der Waals surface area contributed by atoms with Crippen LogP contribution in [-0.4, -0.2) is 10.8 Å². The fourth-order valence-corrected chi connectivity index (χ4v) is 2.48. The van der Waals surface area contributed by atoms with Crippen LogP contribution in [0.5, 0.6) is 0 Å². The molecule has 1 heterocycles. The minimum absolute atomic E-state index is 0.0809. The van der Waals surface area contributed by atoms with Gasteiger partial charge < -0.3 is 10.6 Å². The molecule has 2 aromatic carbocycles. The Morgan fingerprint density at radius 1 is 1.25 bits per heavy atom. The minimum Gasteiger partial charge on any atom is -0.399 e. The first-order valence-corrected chi connectivity index (χ1v) is 6.54. The van der Waals surface area contributed by atoms with Gasteiger partial charge in [-0.3, -0.25) is 4.79 Å². The second-order valence-corrected chi connectivity index (χ2v) is 5.23. The van der Waals surface area contributed by atoms with E-state index < -0.39 is 5.82 Å². The summed E-state index contributed by atoms with van der Waals surface area (Å²) in [7, 11) is 0. The summed E-state index contributed by atoms with van der Waals surface area (Å²) < 4.78 is 13.4. The summed E-state index contributed by atoms with van der Waals surface area (Å²) in [5, 5.41) is 0.0811. The molecule has 0 spiro atoms. The van der Waals surface area contributed by atoms with E-state index in [0.29, 0.717) is 29.9 Å². The predicted molar refractivity (Wildman–Crippen MR) is 75.8 cm³/mol. The zero-order chi connectivity index (χ0) is 14.3. The van der Waals surface area contributed by atoms with E-state index in [1.807, 2.05) is 6.07 Å². The van der Waals surface area contributed by atoms with E-state index in [4.69, 9.17) is 17.3 Å². The van der Waals surface area contributed by atoms with Crippen LogP contribution in [0.3, 0.4) is 0 Å². The number of benzene rings is 2. The molecule has 0 saturated heterocycles. The highest BCUT2D eigenvalue weighted by Crippen LogP contribution is 2.26. The van der Waals surface area contributed by atoms with Crippen LogP contribution in [0.2, 0.25) is 5.02 Å². The highest BCUT2D eigenvalue weighted by molar-refractivity contribution is 6.30. The topological polar surface area (TPSA) is 46.3 Å². The quantitative estimate of drug-likeness (QED) is 0.863. The van der Waals surface area contributed by atoms with E-state index in [9.17, 15) is 9.18 Å². The van der Waals surface area contributed by atoms with Gasteiger partial charge in [-0.05, 0) is 35.4 Å². The van der Waals surface area contributed by atoms with Crippen molar-refractivity contribution in [1.29, 1.82) is 0 Å². The molecule has 0 aromatic heterocycles. The van der Waals surface area contributed by atoms with Gasteiger partial charge in [0.15, 0.2) is 0 Å².